The van der Waals surface area contributed by atoms with Crippen LogP contribution in [0, 0.1) is 5.92 Å². The maximum absolute atomic E-state index is 13.6. The number of likely N-dealkylation sites (tertiary alicyclic amines) is 1. The molecule has 0 saturated carbocycles. The van der Waals surface area contributed by atoms with Gasteiger partial charge in [-0.3, -0.25) is 14.5 Å². The van der Waals surface area contributed by atoms with Crippen LogP contribution < -0.4 is 4.74 Å². The molecule has 1 fully saturated rings. The lowest BCUT2D eigenvalue weighted by Gasteiger charge is -2.32. The zero-order valence-electron chi connectivity index (χ0n) is 25.2. The number of hydrogen-bond acceptors (Lipinski definition) is 5. The number of carbonyl (C=O) groups excluding carboxylic acids is 2. The topological polar surface area (TPSA) is 93.6 Å². The third kappa shape index (κ3) is 7.89. The van der Waals surface area contributed by atoms with Crippen molar-refractivity contribution in [3.05, 3.63) is 29.3 Å². The van der Waals surface area contributed by atoms with Gasteiger partial charge < -0.3 is 24.5 Å². The van der Waals surface area contributed by atoms with E-state index >= 15 is 0 Å². The second kappa shape index (κ2) is 15.3. The molecule has 3 rings (SSSR count). The molecule has 9 nitrogen and oxygen atoms in total. The Morgan fingerprint density at radius 1 is 0.975 bits per heavy atom. The Labute approximate surface area is 240 Å². The summed E-state index contributed by atoms with van der Waals surface area (Å²) in [6.07, 6.45) is 6.07. The highest BCUT2D eigenvalue weighted by Crippen LogP contribution is 2.41. The average molecular weight is 559 g/mol. The van der Waals surface area contributed by atoms with E-state index in [1.807, 2.05) is 24.0 Å². The molecule has 0 aliphatic carbocycles. The smallest absolute Gasteiger partial charge is 0.319 e. The number of ether oxygens (including phenoxy) is 1. The van der Waals surface area contributed by atoms with Gasteiger partial charge in [-0.05, 0) is 42.9 Å². The van der Waals surface area contributed by atoms with Crippen LogP contribution in [0.4, 0.5) is 4.79 Å². The summed E-state index contributed by atoms with van der Waals surface area (Å²) < 4.78 is 5.69. The predicted molar refractivity (Wildman–Crippen MR) is 157 cm³/mol. The summed E-state index contributed by atoms with van der Waals surface area (Å²) in [6.45, 7) is 10.1. The molecule has 0 radical (unpaired) electrons. The number of carboxylic acids is 1. The fourth-order valence-electron chi connectivity index (χ4n) is 6.10. The fraction of sp³-hybridized carbons (Fsp3) is 0.710. The van der Waals surface area contributed by atoms with E-state index < -0.39 is 11.9 Å². The van der Waals surface area contributed by atoms with E-state index in [0.29, 0.717) is 32.7 Å². The van der Waals surface area contributed by atoms with Crippen LogP contribution in [-0.2, 0) is 16.0 Å². The number of benzene rings is 1. The molecule has 1 aromatic carbocycles. The van der Waals surface area contributed by atoms with E-state index in [4.69, 9.17) is 4.74 Å². The zero-order chi connectivity index (χ0) is 29.2. The average Bonchev–Trinajstić information content (AvgIpc) is 3.54. The van der Waals surface area contributed by atoms with Crippen molar-refractivity contribution in [2.75, 3.05) is 60.0 Å². The minimum Gasteiger partial charge on any atom is -0.493 e. The first kappa shape index (κ1) is 31.7. The number of nitrogens with zero attached hydrogens (tertiary/aromatic N) is 4. The van der Waals surface area contributed by atoms with E-state index in [0.717, 1.165) is 68.5 Å². The van der Waals surface area contributed by atoms with E-state index in [1.54, 1.807) is 23.9 Å². The Morgan fingerprint density at radius 2 is 1.68 bits per heavy atom. The van der Waals surface area contributed by atoms with Gasteiger partial charge in [0.2, 0.25) is 5.91 Å². The number of fused-ring (bicyclic) bond motifs is 1. The summed E-state index contributed by atoms with van der Waals surface area (Å²) in [5, 5.41) is 10.5. The van der Waals surface area contributed by atoms with Crippen LogP contribution in [0.25, 0.3) is 0 Å². The number of unbranched alkanes of at least 4 members (excludes halogenated alkanes) is 2. The van der Waals surface area contributed by atoms with Crippen LogP contribution in [0.2, 0.25) is 0 Å². The van der Waals surface area contributed by atoms with Crippen LogP contribution in [0.5, 0.6) is 5.75 Å². The van der Waals surface area contributed by atoms with Gasteiger partial charge in [0.05, 0.1) is 19.1 Å². The van der Waals surface area contributed by atoms with Crippen LogP contribution in [0.3, 0.4) is 0 Å². The Hall–Kier alpha value is -2.81. The number of carboxylic acid groups (broad SMARTS) is 1. The van der Waals surface area contributed by atoms with Gasteiger partial charge in [-0.2, -0.15) is 0 Å². The van der Waals surface area contributed by atoms with Crippen molar-refractivity contribution in [2.24, 2.45) is 5.92 Å². The van der Waals surface area contributed by atoms with Crippen LogP contribution >= 0.6 is 0 Å². The molecule has 2 aliphatic rings. The van der Waals surface area contributed by atoms with Gasteiger partial charge in [-0.25, -0.2) is 4.79 Å². The van der Waals surface area contributed by atoms with E-state index in [-0.39, 0.29) is 30.4 Å². The van der Waals surface area contributed by atoms with E-state index in [1.165, 1.54) is 0 Å². The highest BCUT2D eigenvalue weighted by atomic mass is 16.5. The molecule has 0 unspecified atom stereocenters. The normalized spacial score (nSPS) is 20.2. The SMILES string of the molecule is CCCCN(CCCC)C(=O)CN1C[C@H](c2ccc3c(c2)CCO3)[C@@H](C(=O)O)[C@@H]1CCN(CCC)C(=O)N(C)C. The Kier molecular flexibility index (Phi) is 12.1. The molecular weight excluding hydrogens is 508 g/mol. The lowest BCUT2D eigenvalue weighted by molar-refractivity contribution is -0.144. The molecule has 0 bridgehead atoms. The van der Waals surface area contributed by atoms with E-state index in [2.05, 4.69) is 24.8 Å². The predicted octanol–water partition coefficient (Wildman–Crippen LogP) is 4.30. The van der Waals surface area contributed by atoms with Gasteiger partial charge in [0.1, 0.15) is 5.75 Å². The number of urea groups is 1. The molecule has 3 amide bonds. The molecule has 1 N–H and O–H groups in total. The number of rotatable bonds is 15. The van der Waals surface area contributed by atoms with E-state index in [9.17, 15) is 19.5 Å². The summed E-state index contributed by atoms with van der Waals surface area (Å²) in [5.74, 6) is -0.835. The van der Waals surface area contributed by atoms with Crippen molar-refractivity contribution in [2.45, 2.75) is 77.7 Å². The Morgan fingerprint density at radius 3 is 2.27 bits per heavy atom. The third-order valence-electron chi connectivity index (χ3n) is 8.27. The quantitative estimate of drug-likeness (QED) is 0.345. The standard InChI is InChI=1S/C31H50N4O5/c1-6-9-16-33(17-10-7-2)28(36)22-35-21-25(23-11-12-27-24(20-23)14-19-40-27)29(30(37)38)26(35)13-18-34(15-8-3)31(39)32(4)5/h11-12,20,25-26,29H,6-10,13-19,21-22H2,1-5H3,(H,37,38)/t25-,26+,29-/m1/s1. The molecule has 40 heavy (non-hydrogen) atoms. The zero-order valence-corrected chi connectivity index (χ0v) is 25.2. The largest absolute Gasteiger partial charge is 0.493 e. The minimum atomic E-state index is -0.850. The maximum Gasteiger partial charge on any atom is 0.319 e. The molecule has 9 heteroatoms. The number of carbonyl (C=O) groups is 3. The third-order valence-corrected chi connectivity index (χ3v) is 8.27. The summed E-state index contributed by atoms with van der Waals surface area (Å²) in [7, 11) is 3.47. The van der Waals surface area contributed by atoms with Crippen LogP contribution in [0.1, 0.15) is 76.3 Å². The molecule has 1 saturated heterocycles. The van der Waals surface area contributed by atoms with Crippen molar-refractivity contribution < 1.29 is 24.2 Å². The summed E-state index contributed by atoms with van der Waals surface area (Å²) in [6, 6.07) is 5.61. The summed E-state index contributed by atoms with van der Waals surface area (Å²) in [4.78, 5) is 46.7. The van der Waals surface area contributed by atoms with Crippen molar-refractivity contribution in [1.29, 1.82) is 0 Å². The highest BCUT2D eigenvalue weighted by Gasteiger charge is 2.47. The molecule has 2 aliphatic heterocycles. The number of hydrogen-bond donors (Lipinski definition) is 1. The second-order valence-corrected chi connectivity index (χ2v) is 11.5. The van der Waals surface area contributed by atoms with Crippen molar-refractivity contribution in [1.82, 2.24) is 19.6 Å². The molecule has 3 atom stereocenters. The molecule has 0 spiro atoms. The lowest BCUT2D eigenvalue weighted by atomic mass is 9.83. The van der Waals surface area contributed by atoms with Gasteiger partial charge in [-0.15, -0.1) is 0 Å². The van der Waals surface area contributed by atoms with Gasteiger partial charge in [0.25, 0.3) is 0 Å². The first-order valence-corrected chi connectivity index (χ1v) is 15.2. The van der Waals surface area contributed by atoms with Crippen LogP contribution in [0.15, 0.2) is 18.2 Å². The maximum atomic E-state index is 13.6. The van der Waals surface area contributed by atoms with Gasteiger partial charge in [0, 0.05) is 65.2 Å². The monoisotopic (exact) mass is 558 g/mol. The first-order chi connectivity index (χ1) is 19.2. The second-order valence-electron chi connectivity index (χ2n) is 11.5. The molecular formula is C31H50N4O5. The minimum absolute atomic E-state index is 0.0637. The Balaban J connectivity index is 1.90. The fourth-order valence-corrected chi connectivity index (χ4v) is 6.10. The van der Waals surface area contributed by atoms with Crippen molar-refractivity contribution >= 4 is 17.9 Å². The summed E-state index contributed by atoms with van der Waals surface area (Å²) in [5.41, 5.74) is 2.10. The van der Waals surface area contributed by atoms with Gasteiger partial charge in [0.15, 0.2) is 0 Å². The molecule has 224 valence electrons. The van der Waals surface area contributed by atoms with Gasteiger partial charge >= 0.3 is 12.0 Å². The summed E-state index contributed by atoms with van der Waals surface area (Å²) >= 11 is 0. The van der Waals surface area contributed by atoms with Gasteiger partial charge in [-0.1, -0.05) is 45.7 Å². The molecule has 0 aromatic heterocycles. The van der Waals surface area contributed by atoms with Crippen LogP contribution in [-0.4, -0.2) is 109 Å². The Bertz CT molecular complexity index is 992. The van der Waals surface area contributed by atoms with Crippen molar-refractivity contribution in [3.8, 4) is 5.75 Å². The molecule has 1 aromatic rings. The lowest BCUT2D eigenvalue weighted by Crippen LogP contribution is -2.47. The van der Waals surface area contributed by atoms with Crippen molar-refractivity contribution in [3.63, 3.8) is 0 Å². The number of amides is 3. The highest BCUT2D eigenvalue weighted by molar-refractivity contribution is 5.79. The molecule has 2 heterocycles. The first-order valence-electron chi connectivity index (χ1n) is 15.2. The number of aliphatic carboxylic acids is 1.